The number of fused-ring (bicyclic) bond motifs is 2. The number of para-hydroxylation sites is 1. The van der Waals surface area contributed by atoms with Gasteiger partial charge in [0, 0.05) is 23.7 Å². The molecule has 1 aliphatic carbocycles. The normalized spacial score (nSPS) is 13.6. The predicted octanol–water partition coefficient (Wildman–Crippen LogP) is 5.64. The number of amides is 2. The van der Waals surface area contributed by atoms with Gasteiger partial charge in [-0.25, -0.2) is 4.98 Å². The lowest BCUT2D eigenvalue weighted by molar-refractivity contribution is 0.0962. The summed E-state index contributed by atoms with van der Waals surface area (Å²) < 4.78 is 0. The van der Waals surface area contributed by atoms with E-state index < -0.39 is 0 Å². The minimum atomic E-state index is -0.161. The van der Waals surface area contributed by atoms with Gasteiger partial charge in [-0.05, 0) is 72.4 Å². The van der Waals surface area contributed by atoms with Crippen molar-refractivity contribution in [3.8, 4) is 0 Å². The molecule has 1 aromatic heterocycles. The second-order valence-electron chi connectivity index (χ2n) is 8.47. The fourth-order valence-electron chi connectivity index (χ4n) is 4.56. The zero-order chi connectivity index (χ0) is 23.7. The molecule has 0 unspecified atom stereocenters. The van der Waals surface area contributed by atoms with Crippen molar-refractivity contribution < 1.29 is 9.59 Å². The van der Waals surface area contributed by atoms with Crippen LogP contribution in [-0.4, -0.2) is 23.8 Å². The van der Waals surface area contributed by atoms with Gasteiger partial charge in [0.05, 0.1) is 16.8 Å². The number of aryl methyl sites for hydroxylation is 1. The summed E-state index contributed by atoms with van der Waals surface area (Å²) in [5.41, 5.74) is 7.71. The number of rotatable bonds is 4. The van der Waals surface area contributed by atoms with E-state index in [-0.39, 0.29) is 11.8 Å². The summed E-state index contributed by atoms with van der Waals surface area (Å²) in [6, 6.07) is 23.3. The van der Waals surface area contributed by atoms with Gasteiger partial charge in [-0.3, -0.25) is 9.59 Å². The fourth-order valence-corrected chi connectivity index (χ4v) is 4.56. The van der Waals surface area contributed by atoms with Crippen LogP contribution in [0.3, 0.4) is 0 Å². The molecule has 2 N–H and O–H groups in total. The topological polar surface area (TPSA) is 71.1 Å². The molecule has 2 amide bonds. The van der Waals surface area contributed by atoms with Crippen LogP contribution < -0.4 is 10.6 Å². The second-order valence-corrected chi connectivity index (χ2v) is 8.47. The molecule has 0 saturated heterocycles. The van der Waals surface area contributed by atoms with Crippen LogP contribution in [0.1, 0.15) is 49.5 Å². The fraction of sp³-hybridized carbons (Fsp3) is 0.138. The number of hydrogen-bond donors (Lipinski definition) is 2. The number of benzene rings is 3. The molecule has 0 saturated carbocycles. The van der Waals surface area contributed by atoms with Gasteiger partial charge in [0.15, 0.2) is 0 Å². The van der Waals surface area contributed by atoms with Crippen LogP contribution in [0.5, 0.6) is 0 Å². The average Bonchev–Trinajstić information content (AvgIpc) is 3.25. The minimum Gasteiger partial charge on any atom is -0.355 e. The molecule has 34 heavy (non-hydrogen) atoms. The summed E-state index contributed by atoms with van der Waals surface area (Å²) in [7, 11) is 1.60. The van der Waals surface area contributed by atoms with E-state index in [0.717, 1.165) is 51.7 Å². The number of carbonyl (C=O) groups is 2. The molecule has 0 spiro atoms. The van der Waals surface area contributed by atoms with E-state index in [1.807, 2.05) is 49.4 Å². The van der Waals surface area contributed by atoms with Gasteiger partial charge in [0.25, 0.3) is 11.8 Å². The third-order valence-electron chi connectivity index (χ3n) is 6.27. The number of anilines is 1. The zero-order valence-corrected chi connectivity index (χ0v) is 19.2. The van der Waals surface area contributed by atoms with Crippen LogP contribution in [0.15, 0.2) is 72.8 Å². The van der Waals surface area contributed by atoms with Crippen molar-refractivity contribution in [2.75, 3.05) is 12.4 Å². The van der Waals surface area contributed by atoms with Crippen LogP contribution in [0.2, 0.25) is 0 Å². The van der Waals surface area contributed by atoms with Crippen molar-refractivity contribution in [3.05, 3.63) is 106 Å². The molecule has 5 nitrogen and oxygen atoms in total. The van der Waals surface area contributed by atoms with Crippen LogP contribution >= 0.6 is 0 Å². The number of carbonyl (C=O) groups excluding carboxylic acids is 2. The van der Waals surface area contributed by atoms with Crippen LogP contribution in [0, 0.1) is 6.92 Å². The van der Waals surface area contributed by atoms with Crippen LogP contribution in [-0.2, 0) is 6.42 Å². The molecule has 4 aromatic rings. The van der Waals surface area contributed by atoms with Gasteiger partial charge in [-0.1, -0.05) is 48.5 Å². The first-order valence-electron chi connectivity index (χ1n) is 11.4. The Bertz CT molecular complexity index is 1460. The molecule has 5 heteroatoms. The third-order valence-corrected chi connectivity index (χ3v) is 6.27. The van der Waals surface area contributed by atoms with E-state index in [1.165, 1.54) is 0 Å². The summed E-state index contributed by atoms with van der Waals surface area (Å²) in [4.78, 5) is 30.5. The number of aromatic nitrogens is 1. The van der Waals surface area contributed by atoms with Crippen molar-refractivity contribution in [2.45, 2.75) is 19.8 Å². The SMILES string of the molecule is CNC(=O)c1ccc(NC(=O)c2c3c(nc4ccccc24)/C(=C\c2ccccc2)CC3)c(C)c1. The van der Waals surface area contributed by atoms with Gasteiger partial charge in [0.1, 0.15) is 0 Å². The number of pyridine rings is 1. The lowest BCUT2D eigenvalue weighted by atomic mass is 9.99. The third kappa shape index (κ3) is 3.97. The zero-order valence-electron chi connectivity index (χ0n) is 19.2. The van der Waals surface area contributed by atoms with E-state index in [4.69, 9.17) is 4.98 Å². The molecule has 1 heterocycles. The first kappa shape index (κ1) is 21.6. The van der Waals surface area contributed by atoms with E-state index >= 15 is 0 Å². The molecule has 0 fully saturated rings. The van der Waals surface area contributed by atoms with Crippen molar-refractivity contribution >= 4 is 40.1 Å². The largest absolute Gasteiger partial charge is 0.355 e. The molecule has 0 bridgehead atoms. The first-order valence-corrected chi connectivity index (χ1v) is 11.4. The molecule has 3 aromatic carbocycles. The molecule has 0 radical (unpaired) electrons. The van der Waals surface area contributed by atoms with E-state index in [1.54, 1.807) is 25.2 Å². The van der Waals surface area contributed by atoms with Crippen molar-refractivity contribution in [1.29, 1.82) is 0 Å². The summed E-state index contributed by atoms with van der Waals surface area (Å²) in [6.45, 7) is 1.89. The minimum absolute atomic E-state index is 0.156. The molecular weight excluding hydrogens is 422 g/mol. The van der Waals surface area contributed by atoms with Crippen molar-refractivity contribution in [2.24, 2.45) is 0 Å². The highest BCUT2D eigenvalue weighted by molar-refractivity contribution is 6.15. The smallest absolute Gasteiger partial charge is 0.256 e. The summed E-state index contributed by atoms with van der Waals surface area (Å²) in [5.74, 6) is -0.316. The van der Waals surface area contributed by atoms with Crippen LogP contribution in [0.25, 0.3) is 22.6 Å². The molecule has 1 aliphatic rings. The maximum absolute atomic E-state index is 13.6. The monoisotopic (exact) mass is 447 g/mol. The van der Waals surface area contributed by atoms with Gasteiger partial charge >= 0.3 is 0 Å². The first-order chi connectivity index (χ1) is 16.5. The lowest BCUT2D eigenvalue weighted by Gasteiger charge is -2.14. The Kier molecular flexibility index (Phi) is 5.68. The standard InChI is InChI=1S/C29H25N3O2/c1-18-16-21(28(33)30-2)13-15-24(18)32-29(34)26-22-10-6-7-11-25(22)31-27-20(12-14-23(26)27)17-19-8-4-3-5-9-19/h3-11,13,15-17H,12,14H2,1-2H3,(H,30,33)(H,32,34)/b20-17-. The Morgan fingerprint density at radius 3 is 2.44 bits per heavy atom. The van der Waals surface area contributed by atoms with E-state index in [0.29, 0.717) is 16.8 Å². The van der Waals surface area contributed by atoms with Crippen molar-refractivity contribution in [3.63, 3.8) is 0 Å². The lowest BCUT2D eigenvalue weighted by Crippen LogP contribution is -2.19. The highest BCUT2D eigenvalue weighted by Gasteiger charge is 2.27. The number of nitrogens with zero attached hydrogens (tertiary/aromatic N) is 1. The number of nitrogens with one attached hydrogen (secondary N) is 2. The summed E-state index contributed by atoms with van der Waals surface area (Å²) in [5, 5.41) is 6.55. The maximum atomic E-state index is 13.6. The Balaban J connectivity index is 1.57. The van der Waals surface area contributed by atoms with Gasteiger partial charge in [-0.15, -0.1) is 0 Å². The quantitative estimate of drug-likeness (QED) is 0.425. The Morgan fingerprint density at radius 1 is 0.912 bits per heavy atom. The number of hydrogen-bond acceptors (Lipinski definition) is 3. The van der Waals surface area contributed by atoms with Gasteiger partial charge in [0.2, 0.25) is 0 Å². The Hall–Kier alpha value is -4.25. The van der Waals surface area contributed by atoms with Crippen LogP contribution in [0.4, 0.5) is 5.69 Å². The molecular formula is C29H25N3O2. The van der Waals surface area contributed by atoms with Gasteiger partial charge in [-0.2, -0.15) is 0 Å². The summed E-state index contributed by atoms with van der Waals surface area (Å²) >= 11 is 0. The van der Waals surface area contributed by atoms with E-state index in [2.05, 4.69) is 28.8 Å². The highest BCUT2D eigenvalue weighted by atomic mass is 16.2. The molecule has 5 rings (SSSR count). The van der Waals surface area contributed by atoms with E-state index in [9.17, 15) is 9.59 Å². The van der Waals surface area contributed by atoms with Gasteiger partial charge < -0.3 is 10.6 Å². The molecule has 0 aliphatic heterocycles. The average molecular weight is 448 g/mol. The summed E-state index contributed by atoms with van der Waals surface area (Å²) in [6.07, 6.45) is 3.77. The molecule has 168 valence electrons. The highest BCUT2D eigenvalue weighted by Crippen LogP contribution is 2.38. The number of allylic oxidation sites excluding steroid dienone is 1. The molecule has 0 atom stereocenters. The maximum Gasteiger partial charge on any atom is 0.256 e. The van der Waals surface area contributed by atoms with Crippen molar-refractivity contribution in [1.82, 2.24) is 10.3 Å². The second kappa shape index (κ2) is 8.94. The Labute approximate surface area is 198 Å². The predicted molar refractivity (Wildman–Crippen MR) is 137 cm³/mol. The Morgan fingerprint density at radius 2 is 1.68 bits per heavy atom.